The fraction of sp³-hybridized carbons (Fsp3) is 0.385. The number of non-ortho nitro benzene ring substituents is 1. The zero-order valence-corrected chi connectivity index (χ0v) is 22.2. The van der Waals surface area contributed by atoms with Crippen molar-refractivity contribution in [2.45, 2.75) is 43.5 Å². The molecule has 3 rings (SSSR count). The van der Waals surface area contributed by atoms with Gasteiger partial charge in [0.1, 0.15) is 17.8 Å². The zero-order valence-electron chi connectivity index (χ0n) is 21.4. The van der Waals surface area contributed by atoms with E-state index in [0.717, 1.165) is 0 Å². The first-order valence-corrected chi connectivity index (χ1v) is 13.4. The van der Waals surface area contributed by atoms with Gasteiger partial charge < -0.3 is 26.4 Å². The Balaban J connectivity index is 1.73. The number of aromatic hydroxyl groups is 1. The number of nitrogens with zero attached hydrogens (tertiary/aromatic N) is 2. The topological polar surface area (TPSA) is 185 Å². The molecule has 39 heavy (non-hydrogen) atoms. The molecule has 0 bridgehead atoms. The number of carbonyl (C=O) groups excluding carboxylic acids is 4. The average molecular weight is 558 g/mol. The van der Waals surface area contributed by atoms with Gasteiger partial charge in [-0.05, 0) is 42.4 Å². The smallest absolute Gasteiger partial charge is 0.269 e. The van der Waals surface area contributed by atoms with Crippen molar-refractivity contribution in [3.8, 4) is 5.75 Å². The minimum Gasteiger partial charge on any atom is -0.508 e. The van der Waals surface area contributed by atoms with Crippen molar-refractivity contribution < 1.29 is 29.2 Å². The number of carbonyl (C=O) groups is 4. The Bertz CT molecular complexity index is 1210. The number of phenols is 1. The Labute approximate surface area is 229 Å². The Morgan fingerprint density at radius 3 is 2.44 bits per heavy atom. The predicted octanol–water partition coefficient (Wildman–Crippen LogP) is 0.895. The van der Waals surface area contributed by atoms with Crippen molar-refractivity contribution in [3.05, 3.63) is 69.8 Å². The first-order chi connectivity index (χ1) is 18.5. The number of phenolic OH excluding ortho intramolecular Hbond substituents is 1. The largest absolute Gasteiger partial charge is 0.508 e. The van der Waals surface area contributed by atoms with Gasteiger partial charge in [0.15, 0.2) is 0 Å². The van der Waals surface area contributed by atoms with Crippen molar-refractivity contribution in [1.29, 1.82) is 0 Å². The van der Waals surface area contributed by atoms with E-state index in [4.69, 9.17) is 5.73 Å². The van der Waals surface area contributed by atoms with Gasteiger partial charge in [-0.25, -0.2) is 0 Å². The second kappa shape index (κ2) is 13.6. The Morgan fingerprint density at radius 1 is 1.18 bits per heavy atom. The number of thioether (sulfide) groups is 1. The molecule has 1 fully saturated rings. The molecular weight excluding hydrogens is 526 g/mol. The lowest BCUT2D eigenvalue weighted by Crippen LogP contribution is -2.55. The summed E-state index contributed by atoms with van der Waals surface area (Å²) >= 11 is 1.45. The number of rotatable bonds is 9. The zero-order chi connectivity index (χ0) is 28.5. The highest BCUT2D eigenvalue weighted by Crippen LogP contribution is 2.18. The number of nitrogens with one attached hydrogen (secondary N) is 2. The fourth-order valence-corrected chi connectivity index (χ4v) is 4.93. The molecule has 1 aliphatic heterocycles. The summed E-state index contributed by atoms with van der Waals surface area (Å²) in [5.41, 5.74) is 6.65. The van der Waals surface area contributed by atoms with Crippen LogP contribution in [0.5, 0.6) is 5.75 Å². The van der Waals surface area contributed by atoms with E-state index in [9.17, 15) is 34.4 Å². The molecule has 3 atom stereocenters. The van der Waals surface area contributed by atoms with E-state index < -0.39 is 34.7 Å². The van der Waals surface area contributed by atoms with Crippen LogP contribution in [0.25, 0.3) is 0 Å². The molecule has 0 aliphatic carbocycles. The van der Waals surface area contributed by atoms with Crippen LogP contribution in [0.3, 0.4) is 0 Å². The number of amides is 4. The van der Waals surface area contributed by atoms with Gasteiger partial charge in [-0.1, -0.05) is 24.3 Å². The first-order valence-electron chi connectivity index (χ1n) is 12.3. The van der Waals surface area contributed by atoms with E-state index in [1.54, 1.807) is 19.1 Å². The molecule has 2 aromatic rings. The van der Waals surface area contributed by atoms with Gasteiger partial charge >= 0.3 is 0 Å². The average Bonchev–Trinajstić information content (AvgIpc) is 2.90. The van der Waals surface area contributed by atoms with Gasteiger partial charge in [-0.3, -0.25) is 29.3 Å². The Kier molecular flexibility index (Phi) is 10.3. The monoisotopic (exact) mass is 557 g/mol. The number of nitrogens with two attached hydrogens (primary N) is 1. The lowest BCUT2D eigenvalue weighted by Gasteiger charge is -2.30. The van der Waals surface area contributed by atoms with Crippen LogP contribution >= 0.6 is 11.8 Å². The molecule has 0 radical (unpaired) electrons. The van der Waals surface area contributed by atoms with Gasteiger partial charge in [0.25, 0.3) is 5.69 Å². The number of primary amides is 1. The van der Waals surface area contributed by atoms with Crippen LogP contribution in [-0.4, -0.2) is 74.7 Å². The summed E-state index contributed by atoms with van der Waals surface area (Å²) in [5, 5.41) is 25.4. The second-order valence-corrected chi connectivity index (χ2v) is 10.7. The third kappa shape index (κ3) is 8.70. The fourth-order valence-electron chi connectivity index (χ4n) is 4.06. The van der Waals surface area contributed by atoms with E-state index in [-0.39, 0.29) is 48.5 Å². The van der Waals surface area contributed by atoms with Crippen molar-refractivity contribution in [2.75, 3.05) is 18.8 Å². The van der Waals surface area contributed by atoms with Gasteiger partial charge in [0.2, 0.25) is 23.6 Å². The van der Waals surface area contributed by atoms with Crippen LogP contribution in [-0.2, 0) is 32.0 Å². The molecule has 0 saturated carbocycles. The van der Waals surface area contributed by atoms with Gasteiger partial charge in [0, 0.05) is 31.5 Å². The standard InChI is InChI=1S/C26H31N5O7S/c1-16-25(35)29-22(14-18-5-9-20(32)10-6-18)26(36)30(11-2-12-39-16)15-23(33)28-21(24(27)34)13-17-3-7-19(8-4-17)31(37)38/h3-10,16,21-22,32H,2,11-15H2,1H3,(H2,27,34)(H,28,33)(H,29,35)/t16-,21+,22+/m1/s1. The van der Waals surface area contributed by atoms with Crippen LogP contribution in [0.4, 0.5) is 5.69 Å². The summed E-state index contributed by atoms with van der Waals surface area (Å²) in [6.07, 6.45) is 0.723. The van der Waals surface area contributed by atoms with Gasteiger partial charge in [-0.2, -0.15) is 0 Å². The maximum atomic E-state index is 13.5. The first kappa shape index (κ1) is 29.4. The molecule has 1 aliphatic rings. The van der Waals surface area contributed by atoms with E-state index in [0.29, 0.717) is 23.3 Å². The van der Waals surface area contributed by atoms with E-state index in [2.05, 4.69) is 10.6 Å². The highest BCUT2D eigenvalue weighted by atomic mass is 32.2. The van der Waals surface area contributed by atoms with Crippen molar-refractivity contribution >= 4 is 41.1 Å². The van der Waals surface area contributed by atoms with Crippen LogP contribution in [0.15, 0.2) is 48.5 Å². The number of benzene rings is 2. The number of nitro groups is 1. The van der Waals surface area contributed by atoms with Gasteiger partial charge in [-0.15, -0.1) is 11.8 Å². The van der Waals surface area contributed by atoms with Crippen LogP contribution in [0, 0.1) is 10.1 Å². The summed E-state index contributed by atoms with van der Waals surface area (Å²) in [4.78, 5) is 62.9. The Morgan fingerprint density at radius 2 is 1.82 bits per heavy atom. The maximum absolute atomic E-state index is 13.5. The Hall–Kier alpha value is -4.13. The van der Waals surface area contributed by atoms with Crippen molar-refractivity contribution in [3.63, 3.8) is 0 Å². The molecule has 5 N–H and O–H groups in total. The molecule has 4 amide bonds. The number of nitro benzene ring substituents is 1. The van der Waals surface area contributed by atoms with E-state index >= 15 is 0 Å². The summed E-state index contributed by atoms with van der Waals surface area (Å²) in [6.45, 7) is 1.67. The normalized spacial score (nSPS) is 19.1. The van der Waals surface area contributed by atoms with Crippen LogP contribution in [0.1, 0.15) is 24.5 Å². The van der Waals surface area contributed by atoms with E-state index in [1.807, 2.05) is 0 Å². The minimum atomic E-state index is -1.10. The minimum absolute atomic E-state index is 0.0150. The number of hydrogen-bond acceptors (Lipinski definition) is 8. The summed E-state index contributed by atoms with van der Waals surface area (Å²) < 4.78 is 0. The van der Waals surface area contributed by atoms with Gasteiger partial charge in [0.05, 0.1) is 16.7 Å². The molecule has 1 saturated heterocycles. The molecular formula is C26H31N5O7S. The molecule has 12 nitrogen and oxygen atoms in total. The molecule has 0 aromatic heterocycles. The quantitative estimate of drug-likeness (QED) is 0.259. The molecule has 0 unspecified atom stereocenters. The van der Waals surface area contributed by atoms with Crippen molar-refractivity contribution in [2.24, 2.45) is 5.73 Å². The molecule has 13 heteroatoms. The number of hydrogen-bond donors (Lipinski definition) is 4. The lowest BCUT2D eigenvalue weighted by atomic mass is 10.0. The van der Waals surface area contributed by atoms with Crippen molar-refractivity contribution in [1.82, 2.24) is 15.5 Å². The maximum Gasteiger partial charge on any atom is 0.269 e. The molecule has 1 heterocycles. The predicted molar refractivity (Wildman–Crippen MR) is 145 cm³/mol. The van der Waals surface area contributed by atoms with Crippen LogP contribution < -0.4 is 16.4 Å². The highest BCUT2D eigenvalue weighted by molar-refractivity contribution is 8.00. The molecule has 0 spiro atoms. The molecule has 208 valence electrons. The summed E-state index contributed by atoms with van der Waals surface area (Å²) in [5.74, 6) is -1.47. The second-order valence-electron chi connectivity index (χ2n) is 9.21. The molecule has 2 aromatic carbocycles. The highest BCUT2D eigenvalue weighted by Gasteiger charge is 2.31. The summed E-state index contributed by atoms with van der Waals surface area (Å²) in [7, 11) is 0. The SMILES string of the molecule is C[C@H]1SCCCN(CC(=O)N[C@@H](Cc2ccc([N+](=O)[O-])cc2)C(N)=O)C(=O)[C@H](Cc2ccc(O)cc2)NC1=O. The van der Waals surface area contributed by atoms with Crippen LogP contribution in [0.2, 0.25) is 0 Å². The summed E-state index contributed by atoms with van der Waals surface area (Å²) in [6, 6.07) is 9.77. The van der Waals surface area contributed by atoms with E-state index in [1.165, 1.54) is 53.1 Å². The third-order valence-corrected chi connectivity index (χ3v) is 7.45. The third-order valence-electron chi connectivity index (χ3n) is 6.21. The lowest BCUT2D eigenvalue weighted by molar-refractivity contribution is -0.384.